The Balaban J connectivity index is 2.02. The third-order valence-corrected chi connectivity index (χ3v) is 5.89. The van der Waals surface area contributed by atoms with E-state index in [9.17, 15) is 14.4 Å². The molecule has 4 N–H and O–H groups in total. The normalized spacial score (nSPS) is 13.7. The summed E-state index contributed by atoms with van der Waals surface area (Å²) in [7, 11) is 0. The zero-order chi connectivity index (χ0) is 21.4. The van der Waals surface area contributed by atoms with Crippen molar-refractivity contribution in [1.82, 2.24) is 30.4 Å². The number of nitrogen functional groups attached to an aromatic ring is 1. The molecule has 0 saturated carbocycles. The van der Waals surface area contributed by atoms with Crippen LogP contribution in [0.2, 0.25) is 0 Å². The van der Waals surface area contributed by atoms with Crippen molar-refractivity contribution in [2.24, 2.45) is 0 Å². The molecule has 0 aromatic carbocycles. The molecule has 1 aliphatic rings. The van der Waals surface area contributed by atoms with Crippen LogP contribution in [-0.4, -0.2) is 75.4 Å². The van der Waals surface area contributed by atoms with Crippen LogP contribution in [0.25, 0.3) is 0 Å². The van der Waals surface area contributed by atoms with Crippen molar-refractivity contribution in [1.29, 1.82) is 0 Å². The molecule has 2 heterocycles. The molecule has 1 aliphatic heterocycles. The Morgan fingerprint density at radius 3 is 2.48 bits per heavy atom. The van der Waals surface area contributed by atoms with E-state index in [1.807, 2.05) is 13.8 Å². The molecule has 29 heavy (non-hydrogen) atoms. The lowest BCUT2D eigenvalue weighted by Crippen LogP contribution is -2.44. The number of aromatic nitrogens is 3. The first-order valence-corrected chi connectivity index (χ1v) is 11.1. The number of rotatable bonds is 10. The molecule has 3 amide bonds. The van der Waals surface area contributed by atoms with Gasteiger partial charge in [-0.15, -0.1) is 10.2 Å². The SMILES string of the molecule is CCOC(=O)C1=C(CSc2nnc(SCC(=O)N(CC)CC)n2N)NC(=O)NC1. The molecular weight excluding hydrogens is 418 g/mol. The van der Waals surface area contributed by atoms with Gasteiger partial charge < -0.3 is 26.1 Å². The molecule has 2 rings (SSSR count). The first kappa shape index (κ1) is 22.9. The molecule has 0 aliphatic carbocycles. The van der Waals surface area contributed by atoms with Crippen LogP contribution >= 0.6 is 23.5 Å². The predicted octanol–water partition coefficient (Wildman–Crippen LogP) is 0.175. The van der Waals surface area contributed by atoms with Gasteiger partial charge in [-0.05, 0) is 20.8 Å². The van der Waals surface area contributed by atoms with Crippen LogP contribution in [0.15, 0.2) is 21.6 Å². The summed E-state index contributed by atoms with van der Waals surface area (Å²) in [6.45, 7) is 7.17. The summed E-state index contributed by atoms with van der Waals surface area (Å²) in [5, 5.41) is 14.0. The predicted molar refractivity (Wildman–Crippen MR) is 110 cm³/mol. The molecule has 0 atom stereocenters. The van der Waals surface area contributed by atoms with Gasteiger partial charge in [0.05, 0.1) is 24.5 Å². The van der Waals surface area contributed by atoms with Crippen molar-refractivity contribution in [2.45, 2.75) is 31.1 Å². The van der Waals surface area contributed by atoms with E-state index in [1.54, 1.807) is 11.8 Å². The standard InChI is InChI=1S/C16H25N7O4S2/c1-4-22(5-2)12(24)9-29-16-21-20-15(23(16)17)28-8-11-10(13(25)27-6-3)7-18-14(26)19-11/h4-9,17H2,1-3H3,(H2,18,19,26). The lowest BCUT2D eigenvalue weighted by atomic mass is 10.2. The number of nitrogens with zero attached hydrogens (tertiary/aromatic N) is 4. The molecule has 0 saturated heterocycles. The van der Waals surface area contributed by atoms with Crippen molar-refractivity contribution in [3.63, 3.8) is 0 Å². The molecule has 0 radical (unpaired) electrons. The minimum Gasteiger partial charge on any atom is -0.463 e. The monoisotopic (exact) mass is 443 g/mol. The van der Waals surface area contributed by atoms with Gasteiger partial charge in [0.2, 0.25) is 16.2 Å². The molecule has 0 unspecified atom stereocenters. The van der Waals surface area contributed by atoms with Crippen LogP contribution in [0, 0.1) is 0 Å². The average Bonchev–Trinajstić information content (AvgIpc) is 3.05. The molecular formula is C16H25N7O4S2. The maximum atomic E-state index is 12.1. The number of amides is 3. The third kappa shape index (κ3) is 6.03. The van der Waals surface area contributed by atoms with Crippen LogP contribution in [0.1, 0.15) is 20.8 Å². The van der Waals surface area contributed by atoms with Gasteiger partial charge in [-0.3, -0.25) is 4.79 Å². The van der Waals surface area contributed by atoms with Crippen molar-refractivity contribution in [3.05, 3.63) is 11.3 Å². The van der Waals surface area contributed by atoms with Crippen LogP contribution in [-0.2, 0) is 14.3 Å². The van der Waals surface area contributed by atoms with Crippen molar-refractivity contribution in [2.75, 3.05) is 43.6 Å². The second kappa shape index (κ2) is 11.0. The molecule has 160 valence electrons. The number of thioether (sulfide) groups is 2. The van der Waals surface area contributed by atoms with Gasteiger partial charge in [0.25, 0.3) is 0 Å². The van der Waals surface area contributed by atoms with Crippen LogP contribution in [0.5, 0.6) is 0 Å². The summed E-state index contributed by atoms with van der Waals surface area (Å²) in [5.74, 6) is 6.00. The summed E-state index contributed by atoms with van der Waals surface area (Å²) in [6, 6.07) is -0.394. The maximum absolute atomic E-state index is 12.1. The molecule has 11 nitrogen and oxygen atoms in total. The van der Waals surface area contributed by atoms with Gasteiger partial charge in [0.1, 0.15) is 0 Å². The number of nitrogens with one attached hydrogen (secondary N) is 2. The summed E-state index contributed by atoms with van der Waals surface area (Å²) < 4.78 is 6.31. The van der Waals surface area contributed by atoms with Gasteiger partial charge in [-0.1, -0.05) is 23.5 Å². The highest BCUT2D eigenvalue weighted by Crippen LogP contribution is 2.23. The maximum Gasteiger partial charge on any atom is 0.337 e. The van der Waals surface area contributed by atoms with E-state index in [2.05, 4.69) is 20.8 Å². The first-order valence-electron chi connectivity index (χ1n) is 9.08. The molecule has 1 aromatic heterocycles. The zero-order valence-corrected chi connectivity index (χ0v) is 18.2. The Morgan fingerprint density at radius 1 is 1.21 bits per heavy atom. The van der Waals surface area contributed by atoms with E-state index in [0.29, 0.717) is 34.7 Å². The summed E-state index contributed by atoms with van der Waals surface area (Å²) in [4.78, 5) is 37.5. The number of hydrogen-bond acceptors (Lipinski definition) is 9. The van der Waals surface area contributed by atoms with Gasteiger partial charge in [-0.2, -0.15) is 0 Å². The second-order valence-electron chi connectivity index (χ2n) is 5.76. The Morgan fingerprint density at radius 2 is 1.86 bits per heavy atom. The number of hydrogen-bond donors (Lipinski definition) is 3. The van der Waals surface area contributed by atoms with Gasteiger partial charge in [0.15, 0.2) is 0 Å². The summed E-state index contributed by atoms with van der Waals surface area (Å²) >= 11 is 2.42. The summed E-state index contributed by atoms with van der Waals surface area (Å²) in [6.07, 6.45) is 0. The quantitative estimate of drug-likeness (QED) is 0.262. The Kier molecular flexibility index (Phi) is 8.64. The van der Waals surface area contributed by atoms with E-state index in [1.165, 1.54) is 28.2 Å². The largest absolute Gasteiger partial charge is 0.463 e. The Hall–Kier alpha value is -2.41. The van der Waals surface area contributed by atoms with E-state index in [0.717, 1.165) is 0 Å². The van der Waals surface area contributed by atoms with Crippen molar-refractivity contribution in [3.8, 4) is 0 Å². The minimum absolute atomic E-state index is 0.00106. The van der Waals surface area contributed by atoms with E-state index < -0.39 is 12.0 Å². The topological polar surface area (TPSA) is 144 Å². The number of carbonyl (C=O) groups is 3. The number of urea groups is 1. The molecule has 0 spiro atoms. The van der Waals surface area contributed by atoms with E-state index >= 15 is 0 Å². The fourth-order valence-electron chi connectivity index (χ4n) is 2.46. The van der Waals surface area contributed by atoms with Crippen LogP contribution in [0.4, 0.5) is 4.79 Å². The number of carbonyl (C=O) groups excluding carboxylic acids is 3. The molecule has 13 heteroatoms. The second-order valence-corrected chi connectivity index (χ2v) is 7.65. The number of nitrogens with two attached hydrogens (primary N) is 1. The fourth-order valence-corrected chi connectivity index (χ4v) is 4.12. The minimum atomic E-state index is -0.490. The first-order chi connectivity index (χ1) is 13.9. The highest BCUT2D eigenvalue weighted by atomic mass is 32.2. The van der Waals surface area contributed by atoms with Gasteiger partial charge in [0, 0.05) is 24.5 Å². The molecule has 0 fully saturated rings. The number of esters is 1. The van der Waals surface area contributed by atoms with Gasteiger partial charge in [-0.25, -0.2) is 14.3 Å². The van der Waals surface area contributed by atoms with E-state index in [4.69, 9.17) is 10.6 Å². The Bertz CT molecular complexity index is 792. The third-order valence-electron chi connectivity index (χ3n) is 4.00. The lowest BCUT2D eigenvalue weighted by Gasteiger charge is -2.20. The van der Waals surface area contributed by atoms with Gasteiger partial charge >= 0.3 is 12.0 Å². The smallest absolute Gasteiger partial charge is 0.337 e. The molecule has 1 aromatic rings. The van der Waals surface area contributed by atoms with Crippen molar-refractivity contribution < 1.29 is 19.1 Å². The van der Waals surface area contributed by atoms with Crippen molar-refractivity contribution >= 4 is 41.4 Å². The fraction of sp³-hybridized carbons (Fsp3) is 0.562. The lowest BCUT2D eigenvalue weighted by molar-refractivity contribution is -0.138. The molecule has 0 bridgehead atoms. The van der Waals surface area contributed by atoms with Crippen LogP contribution < -0.4 is 16.5 Å². The zero-order valence-electron chi connectivity index (χ0n) is 16.6. The summed E-state index contributed by atoms with van der Waals surface area (Å²) in [5.41, 5.74) is 0.785. The average molecular weight is 444 g/mol. The highest BCUT2D eigenvalue weighted by Gasteiger charge is 2.24. The highest BCUT2D eigenvalue weighted by molar-refractivity contribution is 8.00. The van der Waals surface area contributed by atoms with E-state index in [-0.39, 0.29) is 30.6 Å². The Labute approximate surface area is 177 Å². The number of ether oxygens (including phenoxy) is 1. The van der Waals surface area contributed by atoms with Crippen LogP contribution in [0.3, 0.4) is 0 Å².